The molecule has 4 aromatic rings. The Hall–Kier alpha value is -2.54. The van der Waals surface area contributed by atoms with Crippen LogP contribution in [0.2, 0.25) is 0 Å². The monoisotopic (exact) mass is 300 g/mol. The van der Waals surface area contributed by atoms with Gasteiger partial charge in [0.15, 0.2) is 10.5 Å². The largest absolute Gasteiger partial charge is 0.417 e. The molecule has 3 heterocycles. The van der Waals surface area contributed by atoms with E-state index in [1.807, 2.05) is 22.6 Å². The van der Waals surface area contributed by atoms with Gasteiger partial charge < -0.3 is 10.2 Å². The molecule has 3 N–H and O–H groups in total. The summed E-state index contributed by atoms with van der Waals surface area (Å²) < 4.78 is 7.08. The average molecular weight is 300 g/mol. The maximum atomic E-state index is 11.3. The van der Waals surface area contributed by atoms with E-state index in [0.29, 0.717) is 16.9 Å². The zero-order valence-corrected chi connectivity index (χ0v) is 12.0. The Kier molecular flexibility index (Phi) is 2.46. The third kappa shape index (κ3) is 1.71. The van der Waals surface area contributed by atoms with Gasteiger partial charge >= 0.3 is 5.76 Å². The van der Waals surface area contributed by atoms with E-state index in [-0.39, 0.29) is 0 Å². The third-order valence-corrected chi connectivity index (χ3v) is 4.67. The highest BCUT2D eigenvalue weighted by molar-refractivity contribution is 7.17. The Morgan fingerprint density at radius 1 is 1.48 bits per heavy atom. The second-order valence-electron chi connectivity index (χ2n) is 4.75. The molecule has 0 saturated carbocycles. The Bertz CT molecular complexity index is 1020. The van der Waals surface area contributed by atoms with Crippen LogP contribution in [-0.2, 0) is 6.42 Å². The summed E-state index contributed by atoms with van der Waals surface area (Å²) in [6, 6.07) is 5.65. The normalized spacial score (nSPS) is 11.7. The van der Waals surface area contributed by atoms with E-state index in [2.05, 4.69) is 16.9 Å². The first-order chi connectivity index (χ1) is 10.2. The number of aryl methyl sites for hydroxylation is 1. The van der Waals surface area contributed by atoms with Gasteiger partial charge in [0.2, 0.25) is 0 Å². The molecule has 0 amide bonds. The maximum Gasteiger partial charge on any atom is 0.417 e. The number of nitrogens with zero attached hydrogens (tertiary/aromatic N) is 2. The summed E-state index contributed by atoms with van der Waals surface area (Å²) >= 11 is 1.62. The highest BCUT2D eigenvalue weighted by Crippen LogP contribution is 2.34. The first-order valence-corrected chi connectivity index (χ1v) is 7.37. The van der Waals surface area contributed by atoms with Crippen LogP contribution in [0.1, 0.15) is 11.8 Å². The molecule has 6 nitrogen and oxygen atoms in total. The van der Waals surface area contributed by atoms with Crippen molar-refractivity contribution in [1.29, 1.82) is 0 Å². The van der Waals surface area contributed by atoms with Crippen LogP contribution in [0, 0.1) is 0 Å². The number of imidazole rings is 1. The van der Waals surface area contributed by atoms with E-state index >= 15 is 0 Å². The molecule has 0 spiro atoms. The number of H-pyrrole nitrogens is 1. The summed E-state index contributed by atoms with van der Waals surface area (Å²) in [5, 5.41) is 0. The number of anilines is 1. The molecule has 0 fully saturated rings. The van der Waals surface area contributed by atoms with Gasteiger partial charge in [-0.2, -0.15) is 0 Å². The van der Waals surface area contributed by atoms with Crippen molar-refractivity contribution in [2.24, 2.45) is 0 Å². The lowest BCUT2D eigenvalue weighted by Crippen LogP contribution is -1.95. The number of fused-ring (bicyclic) bond motifs is 2. The SMILES string of the molecule is CCc1sc2ncc(N)n2c1-c1ccc2[nH]c(=O)oc2c1. The second-order valence-corrected chi connectivity index (χ2v) is 5.82. The summed E-state index contributed by atoms with van der Waals surface area (Å²) in [6.07, 6.45) is 2.54. The van der Waals surface area contributed by atoms with Crippen molar-refractivity contribution in [1.82, 2.24) is 14.4 Å². The first kappa shape index (κ1) is 12.2. The Balaban J connectivity index is 2.06. The van der Waals surface area contributed by atoms with Crippen molar-refractivity contribution in [2.75, 3.05) is 5.73 Å². The van der Waals surface area contributed by atoms with Crippen LogP contribution < -0.4 is 11.5 Å². The lowest BCUT2D eigenvalue weighted by atomic mass is 10.1. The lowest BCUT2D eigenvalue weighted by molar-refractivity contribution is 0.555. The number of aromatic amines is 1. The van der Waals surface area contributed by atoms with Gasteiger partial charge in [-0.05, 0) is 18.6 Å². The van der Waals surface area contributed by atoms with Crippen molar-refractivity contribution in [3.63, 3.8) is 0 Å². The van der Waals surface area contributed by atoms with E-state index in [0.717, 1.165) is 22.6 Å². The number of hydrogen-bond acceptors (Lipinski definition) is 5. The first-order valence-electron chi connectivity index (χ1n) is 6.55. The fourth-order valence-corrected chi connectivity index (χ4v) is 3.61. The average Bonchev–Trinajstić information content (AvgIpc) is 3.11. The van der Waals surface area contributed by atoms with Crippen molar-refractivity contribution in [3.05, 3.63) is 39.8 Å². The minimum atomic E-state index is -0.449. The fraction of sp³-hybridized carbons (Fsp3) is 0.143. The van der Waals surface area contributed by atoms with Gasteiger partial charge in [-0.25, -0.2) is 9.78 Å². The molecule has 0 radical (unpaired) electrons. The molecular formula is C14H12N4O2S. The van der Waals surface area contributed by atoms with Gasteiger partial charge in [-0.15, -0.1) is 11.3 Å². The van der Waals surface area contributed by atoms with Gasteiger partial charge in [0.25, 0.3) is 0 Å². The minimum Gasteiger partial charge on any atom is -0.408 e. The van der Waals surface area contributed by atoms with Crippen LogP contribution in [0.5, 0.6) is 0 Å². The smallest absolute Gasteiger partial charge is 0.408 e. The minimum absolute atomic E-state index is 0.449. The molecule has 0 aliphatic carbocycles. The molecule has 0 bridgehead atoms. The number of nitrogens with two attached hydrogens (primary N) is 1. The molecule has 1 aromatic carbocycles. The molecule has 7 heteroatoms. The Morgan fingerprint density at radius 3 is 3.14 bits per heavy atom. The number of hydrogen-bond donors (Lipinski definition) is 2. The summed E-state index contributed by atoms with van der Waals surface area (Å²) in [5.74, 6) is 0.155. The van der Waals surface area contributed by atoms with Crippen LogP contribution in [0.3, 0.4) is 0 Å². The quantitative estimate of drug-likeness (QED) is 0.595. The fourth-order valence-electron chi connectivity index (χ4n) is 2.55. The third-order valence-electron chi connectivity index (χ3n) is 3.47. The number of thiazole rings is 1. The van der Waals surface area contributed by atoms with Crippen LogP contribution in [0.15, 0.2) is 33.6 Å². The van der Waals surface area contributed by atoms with Crippen LogP contribution >= 0.6 is 11.3 Å². The molecule has 0 atom stereocenters. The van der Waals surface area contributed by atoms with Crippen LogP contribution in [-0.4, -0.2) is 14.4 Å². The number of rotatable bonds is 2. The molecule has 3 aromatic heterocycles. The second kappa shape index (κ2) is 4.23. The van der Waals surface area contributed by atoms with Gasteiger partial charge in [-0.3, -0.25) is 9.38 Å². The van der Waals surface area contributed by atoms with E-state index in [9.17, 15) is 4.79 Å². The summed E-state index contributed by atoms with van der Waals surface area (Å²) in [4.78, 5) is 20.3. The number of benzene rings is 1. The lowest BCUT2D eigenvalue weighted by Gasteiger charge is -2.04. The Labute approximate surface area is 122 Å². The predicted octanol–water partition coefficient (Wildman–Crippen LogP) is 2.64. The zero-order chi connectivity index (χ0) is 14.6. The summed E-state index contributed by atoms with van der Waals surface area (Å²) in [6.45, 7) is 2.10. The molecule has 0 aliphatic rings. The van der Waals surface area contributed by atoms with Crippen molar-refractivity contribution in [3.8, 4) is 11.3 Å². The summed E-state index contributed by atoms with van der Waals surface area (Å²) in [5.41, 5.74) is 9.22. The van der Waals surface area contributed by atoms with E-state index in [1.54, 1.807) is 17.5 Å². The van der Waals surface area contributed by atoms with Crippen LogP contribution in [0.4, 0.5) is 5.82 Å². The van der Waals surface area contributed by atoms with Crippen LogP contribution in [0.25, 0.3) is 27.3 Å². The zero-order valence-electron chi connectivity index (χ0n) is 11.2. The molecule has 0 aliphatic heterocycles. The topological polar surface area (TPSA) is 89.3 Å². The highest BCUT2D eigenvalue weighted by atomic mass is 32.1. The predicted molar refractivity (Wildman–Crippen MR) is 82.7 cm³/mol. The van der Waals surface area contributed by atoms with Crippen molar-refractivity contribution < 1.29 is 4.42 Å². The highest BCUT2D eigenvalue weighted by Gasteiger charge is 2.17. The molecule has 0 saturated heterocycles. The Morgan fingerprint density at radius 2 is 2.33 bits per heavy atom. The molecule has 106 valence electrons. The molecular weight excluding hydrogens is 288 g/mol. The number of nitrogen functional groups attached to an aromatic ring is 1. The van der Waals surface area contributed by atoms with Gasteiger partial charge in [-0.1, -0.05) is 13.0 Å². The number of nitrogens with one attached hydrogen (secondary N) is 1. The standard InChI is InChI=1S/C14H12N4O2S/c1-2-10-12(18-11(15)6-16-13(18)21-10)7-3-4-8-9(5-7)20-14(19)17-8/h3-6H,2,15H2,1H3,(H,17,19). The van der Waals surface area contributed by atoms with Gasteiger partial charge in [0, 0.05) is 10.4 Å². The molecule has 4 rings (SSSR count). The number of oxazole rings is 1. The number of aromatic nitrogens is 3. The van der Waals surface area contributed by atoms with Gasteiger partial charge in [0.1, 0.15) is 5.82 Å². The van der Waals surface area contributed by atoms with E-state index in [4.69, 9.17) is 10.2 Å². The maximum absolute atomic E-state index is 11.3. The van der Waals surface area contributed by atoms with E-state index in [1.165, 1.54) is 4.88 Å². The van der Waals surface area contributed by atoms with Crippen molar-refractivity contribution in [2.45, 2.75) is 13.3 Å². The molecule has 0 unspecified atom stereocenters. The molecule has 21 heavy (non-hydrogen) atoms. The summed E-state index contributed by atoms with van der Waals surface area (Å²) in [7, 11) is 0. The van der Waals surface area contributed by atoms with Gasteiger partial charge in [0.05, 0.1) is 17.4 Å². The van der Waals surface area contributed by atoms with Crippen molar-refractivity contribution >= 4 is 33.2 Å². The van der Waals surface area contributed by atoms with E-state index < -0.39 is 5.76 Å².